The highest BCUT2D eigenvalue weighted by Crippen LogP contribution is 2.30. The Labute approximate surface area is 154 Å². The highest BCUT2D eigenvalue weighted by molar-refractivity contribution is 5.71. The lowest BCUT2D eigenvalue weighted by molar-refractivity contribution is 0.0363. The van der Waals surface area contributed by atoms with E-state index in [9.17, 15) is 4.79 Å². The Morgan fingerprint density at radius 1 is 1.19 bits per heavy atom. The maximum Gasteiger partial charge on any atom is 0.410 e. The van der Waals surface area contributed by atoms with Crippen LogP contribution in [0.2, 0.25) is 0 Å². The second-order valence-corrected chi connectivity index (χ2v) is 7.32. The molecule has 2 atom stereocenters. The molecule has 0 aromatic carbocycles. The molecular formula is C18H27N5O3. The zero-order valence-corrected chi connectivity index (χ0v) is 15.6. The van der Waals surface area contributed by atoms with E-state index in [0.717, 1.165) is 69.6 Å². The molecule has 3 saturated heterocycles. The summed E-state index contributed by atoms with van der Waals surface area (Å²) in [4.78, 5) is 27.6. The molecule has 26 heavy (non-hydrogen) atoms. The number of hydrogen-bond acceptors (Lipinski definition) is 7. The van der Waals surface area contributed by atoms with E-state index in [2.05, 4.69) is 19.8 Å². The third-order valence-electron chi connectivity index (χ3n) is 5.47. The molecule has 3 aliphatic heterocycles. The van der Waals surface area contributed by atoms with Gasteiger partial charge in [-0.3, -0.25) is 9.80 Å². The molecule has 3 fully saturated rings. The summed E-state index contributed by atoms with van der Waals surface area (Å²) in [5, 5.41) is 0. The van der Waals surface area contributed by atoms with Crippen LogP contribution in [0.5, 0.6) is 0 Å². The maximum atomic E-state index is 12.3. The molecular weight excluding hydrogens is 334 g/mol. The van der Waals surface area contributed by atoms with Crippen LogP contribution >= 0.6 is 0 Å². The van der Waals surface area contributed by atoms with Crippen LogP contribution < -0.4 is 4.90 Å². The fourth-order valence-electron chi connectivity index (χ4n) is 4.06. The molecule has 0 saturated carbocycles. The summed E-state index contributed by atoms with van der Waals surface area (Å²) in [6.07, 6.45) is 2.58. The molecule has 0 N–H and O–H groups in total. The SMILES string of the molecule is Cc1ncc(C)c(N2C[C@H]3OC(=O)N(CCCN4CCOCC4)[C@H]3C2)n1. The molecule has 142 valence electrons. The second-order valence-electron chi connectivity index (χ2n) is 7.32. The van der Waals surface area contributed by atoms with E-state index >= 15 is 0 Å². The van der Waals surface area contributed by atoms with Crippen LogP contribution in [-0.4, -0.2) is 90.5 Å². The number of rotatable bonds is 5. The number of anilines is 1. The maximum absolute atomic E-state index is 12.3. The van der Waals surface area contributed by atoms with Crippen molar-refractivity contribution in [1.82, 2.24) is 19.8 Å². The van der Waals surface area contributed by atoms with Crippen LogP contribution in [0.4, 0.5) is 10.6 Å². The summed E-state index contributed by atoms with van der Waals surface area (Å²) >= 11 is 0. The average Bonchev–Trinajstić information content (AvgIpc) is 3.16. The van der Waals surface area contributed by atoms with Gasteiger partial charge in [-0.15, -0.1) is 0 Å². The first-order valence-corrected chi connectivity index (χ1v) is 9.44. The molecule has 1 amide bonds. The first kappa shape index (κ1) is 17.5. The molecule has 4 heterocycles. The first-order chi connectivity index (χ1) is 12.6. The lowest BCUT2D eigenvalue weighted by Crippen LogP contribution is -2.41. The molecule has 4 rings (SSSR count). The predicted octanol–water partition coefficient (Wildman–Crippen LogP) is 0.825. The summed E-state index contributed by atoms with van der Waals surface area (Å²) in [5.74, 6) is 1.72. The Bertz CT molecular complexity index is 664. The summed E-state index contributed by atoms with van der Waals surface area (Å²) in [6.45, 7) is 10.7. The number of fused-ring (bicyclic) bond motifs is 1. The molecule has 0 spiro atoms. The number of aryl methyl sites for hydroxylation is 2. The molecule has 3 aliphatic rings. The molecule has 1 aromatic heterocycles. The van der Waals surface area contributed by atoms with Gasteiger partial charge in [0.2, 0.25) is 0 Å². The van der Waals surface area contributed by atoms with E-state index in [1.54, 1.807) is 0 Å². The molecule has 8 heteroatoms. The third-order valence-corrected chi connectivity index (χ3v) is 5.47. The van der Waals surface area contributed by atoms with E-state index in [1.807, 2.05) is 24.9 Å². The molecule has 1 aromatic rings. The van der Waals surface area contributed by atoms with Crippen molar-refractivity contribution in [2.45, 2.75) is 32.4 Å². The highest BCUT2D eigenvalue weighted by atomic mass is 16.6. The van der Waals surface area contributed by atoms with Crippen LogP contribution in [0, 0.1) is 13.8 Å². The van der Waals surface area contributed by atoms with Crippen molar-refractivity contribution >= 4 is 11.9 Å². The van der Waals surface area contributed by atoms with E-state index in [0.29, 0.717) is 6.54 Å². The minimum absolute atomic E-state index is 0.0689. The molecule has 0 unspecified atom stereocenters. The quantitative estimate of drug-likeness (QED) is 0.769. The Morgan fingerprint density at radius 3 is 2.81 bits per heavy atom. The Balaban J connectivity index is 1.36. The monoisotopic (exact) mass is 361 g/mol. The van der Waals surface area contributed by atoms with E-state index in [1.165, 1.54) is 0 Å². The summed E-state index contributed by atoms with van der Waals surface area (Å²) in [6, 6.07) is 0.113. The van der Waals surface area contributed by atoms with Gasteiger partial charge in [0.05, 0.1) is 25.8 Å². The van der Waals surface area contributed by atoms with Crippen molar-refractivity contribution in [2.24, 2.45) is 0 Å². The van der Waals surface area contributed by atoms with Gasteiger partial charge in [0.1, 0.15) is 17.7 Å². The number of morpholine rings is 1. The van der Waals surface area contributed by atoms with Crippen molar-refractivity contribution in [3.05, 3.63) is 17.6 Å². The van der Waals surface area contributed by atoms with Gasteiger partial charge in [0.25, 0.3) is 0 Å². The van der Waals surface area contributed by atoms with Crippen LogP contribution in [0.25, 0.3) is 0 Å². The smallest absolute Gasteiger partial charge is 0.410 e. The van der Waals surface area contributed by atoms with Crippen LogP contribution in [-0.2, 0) is 9.47 Å². The zero-order chi connectivity index (χ0) is 18.1. The molecule has 8 nitrogen and oxygen atoms in total. The van der Waals surface area contributed by atoms with Gasteiger partial charge in [0, 0.05) is 44.5 Å². The minimum atomic E-state index is -0.169. The number of amides is 1. The number of carbonyl (C=O) groups is 1. The zero-order valence-electron chi connectivity index (χ0n) is 15.6. The van der Waals surface area contributed by atoms with Gasteiger partial charge in [0.15, 0.2) is 0 Å². The van der Waals surface area contributed by atoms with Gasteiger partial charge in [-0.25, -0.2) is 14.8 Å². The summed E-state index contributed by atoms with van der Waals surface area (Å²) < 4.78 is 11.0. The highest BCUT2D eigenvalue weighted by Gasteiger charge is 2.47. The fraction of sp³-hybridized carbons (Fsp3) is 0.722. The standard InChI is InChI=1S/C18H27N5O3/c1-13-10-19-14(2)20-17(13)22-11-15-16(12-22)26-18(24)23(15)5-3-4-21-6-8-25-9-7-21/h10,15-16H,3-9,11-12H2,1-2H3/t15-,16+/m0/s1. The number of hydrogen-bond donors (Lipinski definition) is 0. The van der Waals surface area contributed by atoms with Crippen LogP contribution in [0.3, 0.4) is 0 Å². The van der Waals surface area contributed by atoms with E-state index in [4.69, 9.17) is 9.47 Å². The van der Waals surface area contributed by atoms with Gasteiger partial charge in [-0.2, -0.15) is 0 Å². The van der Waals surface area contributed by atoms with E-state index in [-0.39, 0.29) is 18.2 Å². The predicted molar refractivity (Wildman–Crippen MR) is 96.4 cm³/mol. The summed E-state index contributed by atoms with van der Waals surface area (Å²) in [5.41, 5.74) is 1.06. The molecule has 0 aliphatic carbocycles. The van der Waals surface area contributed by atoms with E-state index < -0.39 is 0 Å². The van der Waals surface area contributed by atoms with Gasteiger partial charge in [-0.05, 0) is 20.3 Å². The van der Waals surface area contributed by atoms with Gasteiger partial charge in [-0.1, -0.05) is 0 Å². The normalized spacial score (nSPS) is 26.3. The largest absolute Gasteiger partial charge is 0.442 e. The number of ether oxygens (including phenoxy) is 2. The molecule has 0 bridgehead atoms. The van der Waals surface area contributed by atoms with Crippen molar-refractivity contribution in [3.63, 3.8) is 0 Å². The Hall–Kier alpha value is -1.93. The van der Waals surface area contributed by atoms with Crippen molar-refractivity contribution in [1.29, 1.82) is 0 Å². The number of carbonyl (C=O) groups excluding carboxylic acids is 1. The Kier molecular flexibility index (Phi) is 4.95. The average molecular weight is 361 g/mol. The Morgan fingerprint density at radius 2 is 2.00 bits per heavy atom. The minimum Gasteiger partial charge on any atom is -0.442 e. The molecule has 0 radical (unpaired) electrons. The first-order valence-electron chi connectivity index (χ1n) is 9.44. The lowest BCUT2D eigenvalue weighted by Gasteiger charge is -2.28. The van der Waals surface area contributed by atoms with Gasteiger partial charge >= 0.3 is 6.09 Å². The van der Waals surface area contributed by atoms with Crippen molar-refractivity contribution in [2.75, 3.05) is 57.4 Å². The lowest BCUT2D eigenvalue weighted by atomic mass is 10.2. The third kappa shape index (κ3) is 3.48. The van der Waals surface area contributed by atoms with Crippen LogP contribution in [0.1, 0.15) is 17.8 Å². The topological polar surface area (TPSA) is 71.0 Å². The summed E-state index contributed by atoms with van der Waals surface area (Å²) in [7, 11) is 0. The van der Waals surface area contributed by atoms with Crippen molar-refractivity contribution < 1.29 is 14.3 Å². The van der Waals surface area contributed by atoms with Crippen molar-refractivity contribution in [3.8, 4) is 0 Å². The second kappa shape index (κ2) is 7.36. The number of nitrogens with zero attached hydrogens (tertiary/aromatic N) is 5. The van der Waals surface area contributed by atoms with Crippen LogP contribution in [0.15, 0.2) is 6.20 Å². The fourth-order valence-corrected chi connectivity index (χ4v) is 4.06. The number of aromatic nitrogens is 2. The van der Waals surface area contributed by atoms with Gasteiger partial charge < -0.3 is 14.4 Å².